The van der Waals surface area contributed by atoms with Crippen LogP contribution < -0.4 is 10.2 Å². The van der Waals surface area contributed by atoms with E-state index in [1.807, 2.05) is 30.3 Å². The Morgan fingerprint density at radius 3 is 2.54 bits per heavy atom. The molecule has 0 aliphatic carbocycles. The van der Waals surface area contributed by atoms with Gasteiger partial charge in [-0.25, -0.2) is 8.42 Å². The van der Waals surface area contributed by atoms with Gasteiger partial charge in [-0.05, 0) is 36.1 Å². The molecule has 24 heavy (non-hydrogen) atoms. The first kappa shape index (κ1) is 16.8. The van der Waals surface area contributed by atoms with E-state index in [1.165, 1.54) is 11.9 Å². The maximum atomic E-state index is 11.6. The van der Waals surface area contributed by atoms with Gasteiger partial charge in [0, 0.05) is 37.3 Å². The number of rotatable bonds is 6. The van der Waals surface area contributed by atoms with Crippen molar-refractivity contribution < 1.29 is 8.42 Å². The van der Waals surface area contributed by atoms with E-state index in [2.05, 4.69) is 34.5 Å². The van der Waals surface area contributed by atoms with Gasteiger partial charge >= 0.3 is 0 Å². The summed E-state index contributed by atoms with van der Waals surface area (Å²) in [7, 11) is -3.03. The number of para-hydroxylation sites is 2. The molecule has 2 aromatic rings. The van der Waals surface area contributed by atoms with Gasteiger partial charge in [0.25, 0.3) is 0 Å². The maximum Gasteiger partial charge on any atom is 0.151 e. The number of nitrogens with one attached hydrogen (secondary N) is 1. The van der Waals surface area contributed by atoms with E-state index in [0.29, 0.717) is 5.92 Å². The molecule has 0 aromatic heterocycles. The zero-order chi connectivity index (χ0) is 17.0. The van der Waals surface area contributed by atoms with Gasteiger partial charge in [-0.1, -0.05) is 36.4 Å². The van der Waals surface area contributed by atoms with Gasteiger partial charge in [0.05, 0.1) is 5.75 Å². The molecule has 0 saturated carbocycles. The SMILES string of the molecule is CS(=O)(=O)Cc1ccccc1NCC1CCN(c2ccccc2)C1. The Kier molecular flexibility index (Phi) is 5.09. The normalized spacial score (nSPS) is 17.9. The predicted octanol–water partition coefficient (Wildman–Crippen LogP) is 3.17. The lowest BCUT2D eigenvalue weighted by Gasteiger charge is -2.19. The minimum Gasteiger partial charge on any atom is -0.384 e. The number of sulfone groups is 1. The van der Waals surface area contributed by atoms with E-state index in [9.17, 15) is 8.42 Å². The van der Waals surface area contributed by atoms with Crippen LogP contribution in [0.2, 0.25) is 0 Å². The van der Waals surface area contributed by atoms with E-state index < -0.39 is 9.84 Å². The molecule has 3 rings (SSSR count). The van der Waals surface area contributed by atoms with Crippen molar-refractivity contribution in [1.82, 2.24) is 0 Å². The van der Waals surface area contributed by atoms with Crippen molar-refractivity contribution in [3.8, 4) is 0 Å². The third-order valence-electron chi connectivity index (χ3n) is 4.42. The maximum absolute atomic E-state index is 11.6. The monoisotopic (exact) mass is 344 g/mol. The minimum absolute atomic E-state index is 0.0803. The summed E-state index contributed by atoms with van der Waals surface area (Å²) in [5.41, 5.74) is 3.05. The second-order valence-corrected chi connectivity index (χ2v) is 8.68. The van der Waals surface area contributed by atoms with Gasteiger partial charge in [-0.3, -0.25) is 0 Å². The summed E-state index contributed by atoms with van der Waals surface area (Å²) in [6.07, 6.45) is 2.43. The van der Waals surface area contributed by atoms with Crippen molar-refractivity contribution in [2.75, 3.05) is 36.1 Å². The van der Waals surface area contributed by atoms with Crippen LogP contribution in [0.3, 0.4) is 0 Å². The highest BCUT2D eigenvalue weighted by molar-refractivity contribution is 7.89. The van der Waals surface area contributed by atoms with Gasteiger partial charge in [-0.2, -0.15) is 0 Å². The van der Waals surface area contributed by atoms with Gasteiger partial charge in [-0.15, -0.1) is 0 Å². The van der Waals surface area contributed by atoms with Crippen molar-refractivity contribution in [1.29, 1.82) is 0 Å². The molecule has 1 atom stereocenters. The fourth-order valence-corrected chi connectivity index (χ4v) is 4.04. The Labute approximate surface area is 144 Å². The number of hydrogen-bond acceptors (Lipinski definition) is 4. The van der Waals surface area contributed by atoms with Crippen LogP contribution in [0.4, 0.5) is 11.4 Å². The quantitative estimate of drug-likeness (QED) is 0.874. The zero-order valence-electron chi connectivity index (χ0n) is 14.0. The molecule has 0 bridgehead atoms. The van der Waals surface area contributed by atoms with E-state index in [4.69, 9.17) is 0 Å². The van der Waals surface area contributed by atoms with Crippen LogP contribution in [0.15, 0.2) is 54.6 Å². The van der Waals surface area contributed by atoms with E-state index in [1.54, 1.807) is 0 Å². The Morgan fingerprint density at radius 2 is 1.79 bits per heavy atom. The Morgan fingerprint density at radius 1 is 1.08 bits per heavy atom. The van der Waals surface area contributed by atoms with Crippen LogP contribution >= 0.6 is 0 Å². The van der Waals surface area contributed by atoms with Crippen molar-refractivity contribution in [2.45, 2.75) is 12.2 Å². The number of nitrogens with zero attached hydrogens (tertiary/aromatic N) is 1. The lowest BCUT2D eigenvalue weighted by Crippen LogP contribution is -2.22. The highest BCUT2D eigenvalue weighted by Gasteiger charge is 2.22. The summed E-state index contributed by atoms with van der Waals surface area (Å²) in [5.74, 6) is 0.647. The first-order valence-corrected chi connectivity index (χ1v) is 10.4. The van der Waals surface area contributed by atoms with Crippen LogP contribution in [0.25, 0.3) is 0 Å². The fourth-order valence-electron chi connectivity index (χ4n) is 3.23. The van der Waals surface area contributed by atoms with Crippen LogP contribution in [0.5, 0.6) is 0 Å². The largest absolute Gasteiger partial charge is 0.384 e. The summed E-state index contributed by atoms with van der Waals surface area (Å²) in [5, 5.41) is 3.46. The molecule has 5 heteroatoms. The second kappa shape index (κ2) is 7.26. The molecule has 1 unspecified atom stereocenters. The number of anilines is 2. The van der Waals surface area contributed by atoms with Crippen LogP contribution in [0, 0.1) is 5.92 Å². The molecular formula is C19H24N2O2S. The molecule has 1 aliphatic heterocycles. The van der Waals surface area contributed by atoms with Crippen LogP contribution in [-0.2, 0) is 15.6 Å². The standard InChI is InChI=1S/C19H24N2O2S/c1-24(22,23)15-17-7-5-6-10-19(17)20-13-16-11-12-21(14-16)18-8-3-2-4-9-18/h2-10,16,20H,11-15H2,1H3. The van der Waals surface area contributed by atoms with Crippen LogP contribution in [-0.4, -0.2) is 34.3 Å². The van der Waals surface area contributed by atoms with E-state index in [-0.39, 0.29) is 5.75 Å². The van der Waals surface area contributed by atoms with Gasteiger partial charge in [0.1, 0.15) is 0 Å². The molecular weight excluding hydrogens is 320 g/mol. The number of hydrogen-bond donors (Lipinski definition) is 1. The molecule has 0 amide bonds. The molecule has 0 radical (unpaired) electrons. The van der Waals surface area contributed by atoms with Crippen molar-refractivity contribution in [3.05, 3.63) is 60.2 Å². The van der Waals surface area contributed by atoms with Gasteiger partial charge < -0.3 is 10.2 Å². The molecule has 1 aliphatic rings. The van der Waals surface area contributed by atoms with Crippen LogP contribution in [0.1, 0.15) is 12.0 Å². The van der Waals surface area contributed by atoms with Crippen molar-refractivity contribution in [2.24, 2.45) is 5.92 Å². The van der Waals surface area contributed by atoms with E-state index >= 15 is 0 Å². The summed E-state index contributed by atoms with van der Waals surface area (Å²) < 4.78 is 23.2. The average molecular weight is 344 g/mol. The average Bonchev–Trinajstić information content (AvgIpc) is 3.02. The Bertz CT molecular complexity index is 775. The predicted molar refractivity (Wildman–Crippen MR) is 100 cm³/mol. The number of benzene rings is 2. The molecule has 1 heterocycles. The second-order valence-electron chi connectivity index (χ2n) is 6.54. The first-order chi connectivity index (χ1) is 11.5. The third kappa shape index (κ3) is 4.51. The first-order valence-electron chi connectivity index (χ1n) is 8.31. The molecule has 1 N–H and O–H groups in total. The van der Waals surface area contributed by atoms with E-state index in [0.717, 1.165) is 37.3 Å². The summed E-state index contributed by atoms with van der Waals surface area (Å²) >= 11 is 0. The minimum atomic E-state index is -3.03. The lowest BCUT2D eigenvalue weighted by molar-refractivity contribution is 0.601. The molecule has 4 nitrogen and oxygen atoms in total. The third-order valence-corrected chi connectivity index (χ3v) is 5.26. The molecule has 1 saturated heterocycles. The molecule has 128 valence electrons. The van der Waals surface area contributed by atoms with Gasteiger partial charge in [0.15, 0.2) is 9.84 Å². The van der Waals surface area contributed by atoms with Crippen molar-refractivity contribution >= 4 is 21.2 Å². The lowest BCUT2D eigenvalue weighted by atomic mass is 10.1. The summed E-state index contributed by atoms with van der Waals surface area (Å²) in [4.78, 5) is 2.41. The summed E-state index contributed by atoms with van der Waals surface area (Å²) in [6.45, 7) is 2.97. The molecule has 2 aromatic carbocycles. The fraction of sp³-hybridized carbons (Fsp3) is 0.368. The van der Waals surface area contributed by atoms with Crippen molar-refractivity contribution in [3.63, 3.8) is 0 Å². The highest BCUT2D eigenvalue weighted by atomic mass is 32.2. The zero-order valence-corrected chi connectivity index (χ0v) is 14.8. The van der Waals surface area contributed by atoms with Gasteiger partial charge in [0.2, 0.25) is 0 Å². The smallest absolute Gasteiger partial charge is 0.151 e. The highest BCUT2D eigenvalue weighted by Crippen LogP contribution is 2.25. The molecule has 0 spiro atoms. The Hall–Kier alpha value is -2.01. The summed E-state index contributed by atoms with van der Waals surface area (Å²) in [6, 6.07) is 18.2. The Balaban J connectivity index is 1.59. The topological polar surface area (TPSA) is 49.4 Å². The molecule has 1 fully saturated rings.